The number of amides is 1. The number of nitrogens with zero attached hydrogens (tertiary/aromatic N) is 2. The molecule has 1 fully saturated rings. The fraction of sp³-hybridized carbons (Fsp3) is 0.733. The average molecular weight is 278 g/mol. The van der Waals surface area contributed by atoms with E-state index in [0.29, 0.717) is 11.5 Å². The molecule has 5 heteroatoms. The zero-order chi connectivity index (χ0) is 14.6. The van der Waals surface area contributed by atoms with Gasteiger partial charge in [-0.1, -0.05) is 20.3 Å². The maximum atomic E-state index is 11.3. The molecule has 5 nitrogen and oxygen atoms in total. The van der Waals surface area contributed by atoms with Gasteiger partial charge in [-0.2, -0.15) is 5.10 Å². The van der Waals surface area contributed by atoms with Crippen LogP contribution in [0.3, 0.4) is 0 Å². The van der Waals surface area contributed by atoms with Crippen molar-refractivity contribution in [3.63, 3.8) is 0 Å². The summed E-state index contributed by atoms with van der Waals surface area (Å²) in [6.45, 7) is 4.99. The Hall–Kier alpha value is -1.52. The van der Waals surface area contributed by atoms with Crippen molar-refractivity contribution in [3.05, 3.63) is 12.4 Å². The van der Waals surface area contributed by atoms with Crippen LogP contribution in [-0.2, 0) is 11.3 Å². The van der Waals surface area contributed by atoms with Crippen LogP contribution in [0.15, 0.2) is 12.4 Å². The molecule has 1 aliphatic rings. The third-order valence-corrected chi connectivity index (χ3v) is 4.16. The number of carbonyl (C=O) groups is 1. The summed E-state index contributed by atoms with van der Waals surface area (Å²) in [6.07, 6.45) is 9.97. The van der Waals surface area contributed by atoms with Gasteiger partial charge in [0.15, 0.2) is 0 Å². The van der Waals surface area contributed by atoms with Gasteiger partial charge >= 0.3 is 0 Å². The Kier molecular flexibility index (Phi) is 4.68. The van der Waals surface area contributed by atoms with Gasteiger partial charge in [0.05, 0.1) is 11.9 Å². The first-order valence-corrected chi connectivity index (χ1v) is 7.48. The van der Waals surface area contributed by atoms with Crippen molar-refractivity contribution in [1.82, 2.24) is 15.1 Å². The van der Waals surface area contributed by atoms with Crippen LogP contribution in [0.25, 0.3) is 0 Å². The Bertz CT molecular complexity index is 452. The number of carbonyl (C=O) groups excluding carboxylic acids is 1. The number of likely N-dealkylation sites (N-methyl/N-ethyl adjacent to an activating group) is 1. The Balaban J connectivity index is 1.88. The molecule has 0 aromatic carbocycles. The standard InChI is InChI=1S/C15H26N4O/c1-15(2)7-4-5-12(6-8-15)18-13-9-17-19(10-13)11-14(20)16-3/h9-10,12,18H,4-8,11H2,1-3H3,(H,16,20). The lowest BCUT2D eigenvalue weighted by Crippen LogP contribution is -2.23. The second-order valence-corrected chi connectivity index (χ2v) is 6.54. The molecule has 1 atom stereocenters. The van der Waals surface area contributed by atoms with Gasteiger partial charge in [-0.15, -0.1) is 0 Å². The van der Waals surface area contributed by atoms with Gasteiger partial charge in [-0.25, -0.2) is 0 Å². The van der Waals surface area contributed by atoms with Crippen LogP contribution in [0.2, 0.25) is 0 Å². The fourth-order valence-electron chi connectivity index (χ4n) is 2.79. The predicted molar refractivity (Wildman–Crippen MR) is 80.6 cm³/mol. The molecule has 1 aromatic rings. The average Bonchev–Trinajstić information content (AvgIpc) is 2.75. The maximum absolute atomic E-state index is 11.3. The summed E-state index contributed by atoms with van der Waals surface area (Å²) >= 11 is 0. The van der Waals surface area contributed by atoms with E-state index < -0.39 is 0 Å². The van der Waals surface area contributed by atoms with Crippen molar-refractivity contribution >= 4 is 11.6 Å². The van der Waals surface area contributed by atoms with E-state index in [1.807, 2.05) is 6.20 Å². The van der Waals surface area contributed by atoms with Crippen molar-refractivity contribution in [2.24, 2.45) is 5.41 Å². The van der Waals surface area contributed by atoms with E-state index >= 15 is 0 Å². The molecule has 0 radical (unpaired) electrons. The first-order chi connectivity index (χ1) is 9.48. The van der Waals surface area contributed by atoms with E-state index in [2.05, 4.69) is 29.6 Å². The van der Waals surface area contributed by atoms with Gasteiger partial charge in [0.25, 0.3) is 0 Å². The normalized spacial score (nSPS) is 22.1. The molecule has 0 bridgehead atoms. The van der Waals surface area contributed by atoms with E-state index in [9.17, 15) is 4.79 Å². The highest BCUT2D eigenvalue weighted by atomic mass is 16.1. The van der Waals surface area contributed by atoms with Gasteiger partial charge in [0.2, 0.25) is 5.91 Å². The van der Waals surface area contributed by atoms with Crippen molar-refractivity contribution < 1.29 is 4.79 Å². The van der Waals surface area contributed by atoms with Crippen LogP contribution in [0.4, 0.5) is 5.69 Å². The summed E-state index contributed by atoms with van der Waals surface area (Å²) in [6, 6.07) is 0.523. The van der Waals surface area contributed by atoms with Crippen molar-refractivity contribution in [2.45, 2.75) is 58.5 Å². The summed E-state index contributed by atoms with van der Waals surface area (Å²) in [4.78, 5) is 11.3. The van der Waals surface area contributed by atoms with Gasteiger partial charge in [-0.05, 0) is 31.1 Å². The van der Waals surface area contributed by atoms with E-state index in [-0.39, 0.29) is 12.5 Å². The van der Waals surface area contributed by atoms with Crippen LogP contribution in [0.1, 0.15) is 46.0 Å². The minimum Gasteiger partial charge on any atom is -0.380 e. The lowest BCUT2D eigenvalue weighted by Gasteiger charge is -2.22. The number of rotatable bonds is 4. The molecule has 112 valence electrons. The molecule has 1 aliphatic carbocycles. The molecule has 0 spiro atoms. The number of nitrogens with one attached hydrogen (secondary N) is 2. The van der Waals surface area contributed by atoms with Gasteiger partial charge < -0.3 is 10.6 Å². The van der Waals surface area contributed by atoms with Crippen molar-refractivity contribution in [2.75, 3.05) is 12.4 Å². The molecular formula is C15H26N4O. The van der Waals surface area contributed by atoms with E-state index in [4.69, 9.17) is 0 Å². The molecule has 20 heavy (non-hydrogen) atoms. The number of hydrogen-bond donors (Lipinski definition) is 2. The van der Waals surface area contributed by atoms with E-state index in [0.717, 1.165) is 5.69 Å². The Morgan fingerprint density at radius 3 is 3.00 bits per heavy atom. The molecule has 1 aromatic heterocycles. The van der Waals surface area contributed by atoms with Crippen LogP contribution in [0, 0.1) is 5.41 Å². The van der Waals surface area contributed by atoms with Crippen LogP contribution in [-0.4, -0.2) is 28.8 Å². The third kappa shape index (κ3) is 4.25. The zero-order valence-electron chi connectivity index (χ0n) is 12.8. The largest absolute Gasteiger partial charge is 0.380 e. The van der Waals surface area contributed by atoms with Gasteiger partial charge in [0.1, 0.15) is 6.54 Å². The van der Waals surface area contributed by atoms with Crippen LogP contribution < -0.4 is 10.6 Å². The molecule has 1 amide bonds. The SMILES string of the molecule is CNC(=O)Cn1cc(NC2CCCC(C)(C)CC2)cn1. The smallest absolute Gasteiger partial charge is 0.241 e. The monoisotopic (exact) mass is 278 g/mol. The van der Waals surface area contributed by atoms with E-state index in [1.165, 1.54) is 32.1 Å². The number of aromatic nitrogens is 2. The lowest BCUT2D eigenvalue weighted by atomic mass is 9.85. The molecule has 1 heterocycles. The third-order valence-electron chi connectivity index (χ3n) is 4.16. The summed E-state index contributed by atoms with van der Waals surface area (Å²) in [5.41, 5.74) is 1.48. The van der Waals surface area contributed by atoms with Gasteiger partial charge in [-0.3, -0.25) is 9.48 Å². The molecule has 1 saturated carbocycles. The molecule has 0 saturated heterocycles. The maximum Gasteiger partial charge on any atom is 0.241 e. The number of hydrogen-bond acceptors (Lipinski definition) is 3. The second kappa shape index (κ2) is 6.29. The van der Waals surface area contributed by atoms with E-state index in [1.54, 1.807) is 17.9 Å². The van der Waals surface area contributed by atoms with Crippen molar-refractivity contribution in [1.29, 1.82) is 0 Å². The molecule has 2 N–H and O–H groups in total. The zero-order valence-corrected chi connectivity index (χ0v) is 12.8. The Morgan fingerprint density at radius 1 is 1.45 bits per heavy atom. The molecule has 0 aliphatic heterocycles. The molecule has 1 unspecified atom stereocenters. The van der Waals surface area contributed by atoms with Crippen LogP contribution >= 0.6 is 0 Å². The summed E-state index contributed by atoms with van der Waals surface area (Å²) in [5.74, 6) is -0.0316. The minimum atomic E-state index is -0.0316. The summed E-state index contributed by atoms with van der Waals surface area (Å²) in [7, 11) is 1.64. The summed E-state index contributed by atoms with van der Waals surface area (Å²) in [5, 5.41) is 10.4. The fourth-order valence-corrected chi connectivity index (χ4v) is 2.79. The highest BCUT2D eigenvalue weighted by Gasteiger charge is 2.24. The molecule has 2 rings (SSSR count). The van der Waals surface area contributed by atoms with Crippen LogP contribution in [0.5, 0.6) is 0 Å². The Morgan fingerprint density at radius 2 is 2.25 bits per heavy atom. The number of anilines is 1. The van der Waals surface area contributed by atoms with Gasteiger partial charge in [0, 0.05) is 19.3 Å². The first kappa shape index (κ1) is 14.9. The topological polar surface area (TPSA) is 59.0 Å². The highest BCUT2D eigenvalue weighted by Crippen LogP contribution is 2.34. The first-order valence-electron chi connectivity index (χ1n) is 7.48. The quantitative estimate of drug-likeness (QED) is 0.831. The lowest BCUT2D eigenvalue weighted by molar-refractivity contribution is -0.121. The predicted octanol–water partition coefficient (Wildman–Crippen LogP) is 2.40. The Labute approximate surface area is 121 Å². The minimum absolute atomic E-state index is 0.0316. The summed E-state index contributed by atoms with van der Waals surface area (Å²) < 4.78 is 1.67. The highest BCUT2D eigenvalue weighted by molar-refractivity contribution is 5.75. The molecular weight excluding hydrogens is 252 g/mol. The van der Waals surface area contributed by atoms with Crippen molar-refractivity contribution in [3.8, 4) is 0 Å². The second-order valence-electron chi connectivity index (χ2n) is 6.54.